The molecule has 3 aliphatic heterocycles. The largest absolute Gasteiger partial charge is 0.394 e. The summed E-state index contributed by atoms with van der Waals surface area (Å²) < 4.78 is 37.6. The highest BCUT2D eigenvalue weighted by Gasteiger charge is 2.46. The number of hydrogen-bond donors (Lipinski definition) is 20. The third kappa shape index (κ3) is 29.4. The minimum Gasteiger partial charge on any atom is -0.394 e. The normalized spacial score (nSPS) is 31.3. The Labute approximate surface area is 551 Å². The Morgan fingerprint density at radius 3 is 1.40 bits per heavy atom. The Kier molecular flexibility index (Phi) is 40.1. The molecule has 4 aliphatic rings. The summed E-state index contributed by atoms with van der Waals surface area (Å²) in [6, 6.07) is -1.32. The van der Waals surface area contributed by atoms with E-state index >= 15 is 0 Å². The fourth-order valence-corrected chi connectivity index (χ4v) is 10.7. The van der Waals surface area contributed by atoms with Crippen LogP contribution in [0, 0.1) is 11.8 Å². The van der Waals surface area contributed by atoms with Crippen molar-refractivity contribution in [2.24, 2.45) is 11.8 Å². The standard InChI is InChI=1S/C32H56N2O14.C28H50N4O15/c1-3-33-24(38)9-5-4-7-20(36)16-19(21(37)8-6-13-47-32-31(45)30(44)28(42)23(17-35)48-32)10-11-25(39)34-12-14-46-22-15-18(2)26(40)29(43)27(22)41;1-3-29-17(34)6-4-5-7-18(35)32-15(12-19(36)30-8-10-44-27-24(41)22(39)20(37)14(2)46-27)26(43)31-9-11-45-28-25(42)23(40)21(38)16(13-33)47-28/h18-19,22-23,26-32,35,40-45H,3-17H2,1-2H3,(H,33,38)(H,34,39);14-16,20-25,27-28,33,37-42H,3-13H2,1-2H3,(H,29,34)(H,30,36)(H,31,43)(H,32,35)/t18-,19?,22-,23-,26-,27-,28-,29-,30+,31+,32+;14-,15-,16+,20+,21+,22+,23-,24-,25-,27+,28-/m10/s1. The molecule has 0 spiro atoms. The summed E-state index contributed by atoms with van der Waals surface area (Å²) in [6.45, 7) is 5.99. The van der Waals surface area contributed by atoms with Gasteiger partial charge in [0.25, 0.3) is 0 Å². The van der Waals surface area contributed by atoms with Crippen LogP contribution in [0.1, 0.15) is 124 Å². The van der Waals surface area contributed by atoms with Gasteiger partial charge in [-0.2, -0.15) is 0 Å². The molecule has 0 aromatic carbocycles. The highest BCUT2D eigenvalue weighted by atomic mass is 16.7. The number of unbranched alkanes of at least 4 members (excludes halogenated alkanes) is 2. The number of carbonyl (C=O) groups is 8. The van der Waals surface area contributed by atoms with Crippen LogP contribution in [-0.4, -0.2) is 313 Å². The second kappa shape index (κ2) is 45.1. The highest BCUT2D eigenvalue weighted by molar-refractivity contribution is 5.92. The van der Waals surface area contributed by atoms with Gasteiger partial charge in [0.1, 0.15) is 97.0 Å². The van der Waals surface area contributed by atoms with E-state index < -0.39 is 166 Å². The number of aliphatic hydroxyl groups excluding tert-OH is 14. The summed E-state index contributed by atoms with van der Waals surface area (Å²) in [7, 11) is 0. The third-order valence-electron chi connectivity index (χ3n) is 16.4. The SMILES string of the molecule is CCNC(=O)CCCCC(=O)CC(CCC(=O)NCCO[C@@H]1C[C@@H](C)[C@@H](O)[C@@H](O)[C@@H]1O)C(=O)CCCO[C@H]1O[C@H](CO)[C@@H](O)[C@H](O)[C@@H]1O.CCNC(=O)CCCCC(=O)N[C@@H](CC(=O)NCCO[C@@H]1O[C@@H](C)[C@@H](O)[C@@H](O)[C@@H]1O)C(=O)NCCO[C@H]1O[C@H](CO)[C@@H](O)[C@H](O)[C@@H]1O. The molecular weight excluding hydrogens is 1270 g/mol. The maximum Gasteiger partial charge on any atom is 0.243 e. The van der Waals surface area contributed by atoms with Gasteiger partial charge in [0, 0.05) is 83.6 Å². The maximum atomic E-state index is 13.2. The molecule has 4 rings (SSSR count). The van der Waals surface area contributed by atoms with Crippen LogP contribution in [0.5, 0.6) is 0 Å². The summed E-state index contributed by atoms with van der Waals surface area (Å²) in [6.07, 6.45) is -22.8. The molecule has 1 aliphatic carbocycles. The van der Waals surface area contributed by atoms with Crippen molar-refractivity contribution < 1.29 is 143 Å². The lowest BCUT2D eigenvalue weighted by atomic mass is 9.82. The number of aliphatic hydroxyl groups is 14. The molecule has 95 heavy (non-hydrogen) atoms. The van der Waals surface area contributed by atoms with E-state index in [0.29, 0.717) is 51.6 Å². The average molecular weight is 1380 g/mol. The van der Waals surface area contributed by atoms with Crippen LogP contribution < -0.4 is 31.9 Å². The lowest BCUT2D eigenvalue weighted by molar-refractivity contribution is -0.301. The van der Waals surface area contributed by atoms with Crippen molar-refractivity contribution in [2.45, 2.75) is 247 Å². The molecule has 35 nitrogen and oxygen atoms in total. The van der Waals surface area contributed by atoms with Crippen LogP contribution in [0.25, 0.3) is 0 Å². The molecule has 3 saturated heterocycles. The minimum atomic E-state index is -1.65. The van der Waals surface area contributed by atoms with Crippen LogP contribution in [0.4, 0.5) is 0 Å². The molecule has 6 amide bonds. The zero-order valence-corrected chi connectivity index (χ0v) is 54.5. The summed E-state index contributed by atoms with van der Waals surface area (Å²) >= 11 is 0. The third-order valence-corrected chi connectivity index (χ3v) is 16.4. The molecule has 1 unspecified atom stereocenters. The second-order valence-electron chi connectivity index (χ2n) is 24.0. The Balaban J connectivity index is 0.000000495. The van der Waals surface area contributed by atoms with Gasteiger partial charge in [-0.15, -0.1) is 0 Å². The Morgan fingerprint density at radius 1 is 0.432 bits per heavy atom. The van der Waals surface area contributed by atoms with Crippen molar-refractivity contribution in [3.8, 4) is 0 Å². The summed E-state index contributed by atoms with van der Waals surface area (Å²) in [5.41, 5.74) is 0. The number of nitrogens with one attached hydrogen (secondary N) is 6. The number of amides is 6. The van der Waals surface area contributed by atoms with Gasteiger partial charge >= 0.3 is 0 Å². The van der Waals surface area contributed by atoms with Crippen molar-refractivity contribution >= 4 is 47.0 Å². The van der Waals surface area contributed by atoms with Gasteiger partial charge in [-0.1, -0.05) is 6.92 Å². The number of Topliss-reactive ketones (excluding diaryl/α,β-unsaturated/α-hetero) is 2. The monoisotopic (exact) mass is 1370 g/mol. The Morgan fingerprint density at radius 2 is 0.874 bits per heavy atom. The molecule has 0 bridgehead atoms. The molecule has 22 atom stereocenters. The predicted molar refractivity (Wildman–Crippen MR) is 326 cm³/mol. The number of carbonyl (C=O) groups excluding carboxylic acids is 8. The maximum absolute atomic E-state index is 13.2. The molecule has 0 radical (unpaired) electrons. The van der Waals surface area contributed by atoms with Crippen LogP contribution >= 0.6 is 0 Å². The summed E-state index contributed by atoms with van der Waals surface area (Å²) in [4.78, 5) is 100.0. The van der Waals surface area contributed by atoms with E-state index in [0.717, 1.165) is 0 Å². The van der Waals surface area contributed by atoms with Gasteiger partial charge in [-0.3, -0.25) is 38.4 Å². The topological polar surface area (TPSA) is 557 Å². The van der Waals surface area contributed by atoms with Gasteiger partial charge in [0.2, 0.25) is 35.4 Å². The number of rotatable bonds is 41. The number of ketones is 2. The first kappa shape index (κ1) is 84.5. The molecule has 4 fully saturated rings. The fourth-order valence-electron chi connectivity index (χ4n) is 10.7. The molecule has 0 aromatic heterocycles. The fraction of sp³-hybridized carbons (Fsp3) is 0.867. The first-order valence-electron chi connectivity index (χ1n) is 32.6. The van der Waals surface area contributed by atoms with Crippen LogP contribution in [0.3, 0.4) is 0 Å². The second-order valence-corrected chi connectivity index (χ2v) is 24.0. The van der Waals surface area contributed by atoms with Crippen molar-refractivity contribution in [3.05, 3.63) is 0 Å². The molecule has 0 aromatic rings. The smallest absolute Gasteiger partial charge is 0.243 e. The molecule has 1 saturated carbocycles. The molecule has 550 valence electrons. The van der Waals surface area contributed by atoms with Crippen molar-refractivity contribution in [3.63, 3.8) is 0 Å². The van der Waals surface area contributed by atoms with Crippen LogP contribution in [0.2, 0.25) is 0 Å². The summed E-state index contributed by atoms with van der Waals surface area (Å²) in [5, 5.41) is 154. The van der Waals surface area contributed by atoms with Gasteiger partial charge in [-0.05, 0) is 71.6 Å². The van der Waals surface area contributed by atoms with E-state index in [9.17, 15) is 110 Å². The van der Waals surface area contributed by atoms with Crippen LogP contribution in [-0.2, 0) is 71.5 Å². The zero-order valence-electron chi connectivity index (χ0n) is 54.5. The zero-order chi connectivity index (χ0) is 70.9. The predicted octanol–water partition coefficient (Wildman–Crippen LogP) is -7.72. The van der Waals surface area contributed by atoms with Gasteiger partial charge in [0.05, 0.1) is 64.4 Å². The molecule has 3 heterocycles. The van der Waals surface area contributed by atoms with E-state index in [-0.39, 0.29) is 133 Å². The number of ether oxygens (including phenoxy) is 7. The van der Waals surface area contributed by atoms with Crippen molar-refractivity contribution in [1.82, 2.24) is 31.9 Å². The molecule has 20 N–H and O–H groups in total. The average Bonchev–Trinajstić information content (AvgIpc) is 0.853. The van der Waals surface area contributed by atoms with Gasteiger partial charge < -0.3 is 137 Å². The lowest BCUT2D eigenvalue weighted by Crippen LogP contribution is -2.59. The van der Waals surface area contributed by atoms with Gasteiger partial charge in [-0.25, -0.2) is 0 Å². The quantitative estimate of drug-likeness (QED) is 0.0253. The molecule has 35 heteroatoms. The summed E-state index contributed by atoms with van der Waals surface area (Å²) in [5.74, 6) is -3.99. The van der Waals surface area contributed by atoms with E-state index in [2.05, 4.69) is 31.9 Å². The Bertz CT molecular complexity index is 2300. The Hall–Kier alpha value is -4.68. The highest BCUT2D eigenvalue weighted by Crippen LogP contribution is 2.29. The van der Waals surface area contributed by atoms with E-state index in [1.165, 1.54) is 6.92 Å². The lowest BCUT2D eigenvalue weighted by Gasteiger charge is -2.39. The van der Waals surface area contributed by atoms with Crippen LogP contribution in [0.15, 0.2) is 0 Å². The van der Waals surface area contributed by atoms with E-state index in [1.54, 1.807) is 13.8 Å². The first-order chi connectivity index (χ1) is 45.1. The van der Waals surface area contributed by atoms with E-state index in [4.69, 9.17) is 33.2 Å². The van der Waals surface area contributed by atoms with E-state index in [1.807, 2.05) is 6.92 Å². The first-order valence-corrected chi connectivity index (χ1v) is 32.6. The molecular formula is C60H106N6O29. The number of hydrogen-bond acceptors (Lipinski definition) is 29. The van der Waals surface area contributed by atoms with Gasteiger partial charge in [0.15, 0.2) is 18.9 Å². The minimum absolute atomic E-state index is 0.00922. The van der Waals surface area contributed by atoms with Crippen molar-refractivity contribution in [1.29, 1.82) is 0 Å². The van der Waals surface area contributed by atoms with Crippen molar-refractivity contribution in [2.75, 3.05) is 72.4 Å².